The molecule has 0 aliphatic heterocycles. The van der Waals surface area contributed by atoms with Gasteiger partial charge in [0.2, 0.25) is 23.6 Å². The maximum atomic E-state index is 13.2. The number of carbonyl (C=O) groups excluding carboxylic acids is 4. The number of nitrogens with two attached hydrogens (primary N) is 2. The second kappa shape index (κ2) is 14.8. The number of amides is 4. The molecular formula is C26H31N5O9. The van der Waals surface area contributed by atoms with E-state index in [2.05, 4.69) is 16.0 Å². The Morgan fingerprint density at radius 3 is 1.73 bits per heavy atom. The molecule has 0 saturated heterocycles. The lowest BCUT2D eigenvalue weighted by Crippen LogP contribution is -2.58. The third-order valence-electron chi connectivity index (χ3n) is 5.68. The monoisotopic (exact) mass is 557 g/mol. The number of hydrogen-bond donors (Lipinski definition) is 8. The lowest BCUT2D eigenvalue weighted by molar-refractivity contribution is -0.142. The highest BCUT2D eigenvalue weighted by Gasteiger charge is 2.31. The first-order valence-electron chi connectivity index (χ1n) is 12.1. The Kier molecular flexibility index (Phi) is 11.6. The normalized spacial score (nSPS) is 13.6. The maximum absolute atomic E-state index is 13.2. The van der Waals surface area contributed by atoms with E-state index in [0.29, 0.717) is 11.1 Å². The Labute approximate surface area is 228 Å². The Morgan fingerprint density at radius 1 is 0.675 bits per heavy atom. The topological polar surface area (TPSA) is 251 Å². The zero-order valence-corrected chi connectivity index (χ0v) is 21.3. The zero-order valence-electron chi connectivity index (χ0n) is 21.3. The summed E-state index contributed by atoms with van der Waals surface area (Å²) in [6.07, 6.45) is -1.64. The lowest BCUT2D eigenvalue weighted by atomic mass is 10.0. The van der Waals surface area contributed by atoms with Crippen LogP contribution in [0.4, 0.5) is 0 Å². The fourth-order valence-corrected chi connectivity index (χ4v) is 3.64. The molecule has 0 aromatic heterocycles. The predicted molar refractivity (Wildman–Crippen MR) is 139 cm³/mol. The van der Waals surface area contributed by atoms with Gasteiger partial charge in [-0.05, 0) is 23.3 Å². The van der Waals surface area contributed by atoms with Crippen LogP contribution in [0.25, 0.3) is 0 Å². The molecule has 0 aliphatic rings. The van der Waals surface area contributed by atoms with Gasteiger partial charge >= 0.3 is 11.9 Å². The van der Waals surface area contributed by atoms with E-state index < -0.39 is 72.6 Å². The van der Waals surface area contributed by atoms with Gasteiger partial charge < -0.3 is 42.7 Å². The number of phenols is 1. The molecular weight excluding hydrogens is 526 g/mol. The first-order chi connectivity index (χ1) is 18.8. The summed E-state index contributed by atoms with van der Waals surface area (Å²) in [5.41, 5.74) is 11.9. The molecule has 4 amide bonds. The van der Waals surface area contributed by atoms with Crippen LogP contribution in [-0.4, -0.2) is 75.1 Å². The maximum Gasteiger partial charge on any atom is 0.326 e. The molecule has 2 rings (SSSR count). The standard InChI is InChI=1S/C26H31N5O9/c27-17(12-22(34)35)23(36)29-18(10-14-4-2-1-3-5-14)24(37)30-19(13-21(28)33)25(38)31-20(26(39)40)11-15-6-8-16(32)9-7-15/h1-9,17-20,32H,10-13,27H2,(H2,28,33)(H,29,36)(H,30,37)(H,31,38)(H,34,35)(H,39,40). The van der Waals surface area contributed by atoms with Crippen molar-refractivity contribution in [2.45, 2.75) is 49.9 Å². The molecule has 0 fully saturated rings. The van der Waals surface area contributed by atoms with Crippen molar-refractivity contribution in [2.24, 2.45) is 11.5 Å². The van der Waals surface area contributed by atoms with Gasteiger partial charge in [0.05, 0.1) is 18.9 Å². The fraction of sp³-hybridized carbons (Fsp3) is 0.308. The lowest BCUT2D eigenvalue weighted by Gasteiger charge is -2.25. The highest BCUT2D eigenvalue weighted by molar-refractivity contribution is 5.96. The van der Waals surface area contributed by atoms with Crippen LogP contribution < -0.4 is 27.4 Å². The second-order valence-electron chi connectivity index (χ2n) is 8.96. The number of hydrogen-bond acceptors (Lipinski definition) is 8. The van der Waals surface area contributed by atoms with E-state index in [1.807, 2.05) is 0 Å². The van der Waals surface area contributed by atoms with E-state index in [1.165, 1.54) is 24.3 Å². The third kappa shape index (κ3) is 10.4. The van der Waals surface area contributed by atoms with Crippen molar-refractivity contribution in [1.82, 2.24) is 16.0 Å². The van der Waals surface area contributed by atoms with E-state index in [4.69, 9.17) is 16.6 Å². The summed E-state index contributed by atoms with van der Waals surface area (Å²) >= 11 is 0. The predicted octanol–water partition coefficient (Wildman–Crippen LogP) is -1.61. The summed E-state index contributed by atoms with van der Waals surface area (Å²) < 4.78 is 0. The Balaban J connectivity index is 2.23. The minimum atomic E-state index is -1.60. The van der Waals surface area contributed by atoms with Crippen molar-refractivity contribution < 1.29 is 44.1 Å². The van der Waals surface area contributed by atoms with Gasteiger partial charge in [0, 0.05) is 12.8 Å². The molecule has 0 aliphatic carbocycles. The molecule has 0 bridgehead atoms. The van der Waals surface area contributed by atoms with Crippen LogP contribution in [0, 0.1) is 0 Å². The van der Waals surface area contributed by atoms with E-state index in [0.717, 1.165) is 0 Å². The van der Waals surface area contributed by atoms with Gasteiger partial charge in [0.15, 0.2) is 0 Å². The molecule has 2 aromatic carbocycles. The molecule has 40 heavy (non-hydrogen) atoms. The van der Waals surface area contributed by atoms with Gasteiger partial charge in [-0.3, -0.25) is 24.0 Å². The smallest absolute Gasteiger partial charge is 0.326 e. The zero-order chi connectivity index (χ0) is 29.8. The number of nitrogens with one attached hydrogen (secondary N) is 3. The van der Waals surface area contributed by atoms with Crippen LogP contribution in [0.2, 0.25) is 0 Å². The van der Waals surface area contributed by atoms with Crippen molar-refractivity contribution in [3.63, 3.8) is 0 Å². The second-order valence-corrected chi connectivity index (χ2v) is 8.96. The van der Waals surface area contributed by atoms with Crippen LogP contribution >= 0.6 is 0 Å². The molecule has 10 N–H and O–H groups in total. The first kappa shape index (κ1) is 31.2. The summed E-state index contributed by atoms with van der Waals surface area (Å²) in [6, 6.07) is 8.17. The van der Waals surface area contributed by atoms with Crippen molar-refractivity contribution in [2.75, 3.05) is 0 Å². The largest absolute Gasteiger partial charge is 0.508 e. The number of carbonyl (C=O) groups is 6. The summed E-state index contributed by atoms with van der Waals surface area (Å²) in [5.74, 6) is -6.62. The highest BCUT2D eigenvalue weighted by Crippen LogP contribution is 2.12. The van der Waals surface area contributed by atoms with Gasteiger partial charge in [-0.15, -0.1) is 0 Å². The number of carboxylic acid groups (broad SMARTS) is 2. The Hall–Kier alpha value is -4.98. The van der Waals surface area contributed by atoms with Crippen molar-refractivity contribution in [3.05, 3.63) is 65.7 Å². The van der Waals surface area contributed by atoms with Crippen LogP contribution in [0.5, 0.6) is 5.75 Å². The summed E-state index contributed by atoms with van der Waals surface area (Å²) in [6.45, 7) is 0. The quantitative estimate of drug-likeness (QED) is 0.124. The molecule has 214 valence electrons. The van der Waals surface area contributed by atoms with Crippen molar-refractivity contribution >= 4 is 35.6 Å². The van der Waals surface area contributed by atoms with Crippen LogP contribution in [0.3, 0.4) is 0 Å². The molecule has 2 aromatic rings. The molecule has 0 heterocycles. The number of carboxylic acids is 2. The molecule has 4 atom stereocenters. The number of primary amides is 1. The fourth-order valence-electron chi connectivity index (χ4n) is 3.64. The number of phenolic OH excluding ortho intramolecular Hbond substituents is 1. The molecule has 14 heteroatoms. The van der Waals surface area contributed by atoms with Crippen LogP contribution in [0.1, 0.15) is 24.0 Å². The third-order valence-corrected chi connectivity index (χ3v) is 5.68. The van der Waals surface area contributed by atoms with Gasteiger partial charge in [0.1, 0.15) is 23.9 Å². The van der Waals surface area contributed by atoms with E-state index in [9.17, 15) is 39.0 Å². The van der Waals surface area contributed by atoms with Crippen molar-refractivity contribution in [3.8, 4) is 5.75 Å². The molecule has 0 radical (unpaired) electrons. The van der Waals surface area contributed by atoms with E-state index >= 15 is 0 Å². The Bertz CT molecular complexity index is 1220. The number of aliphatic carboxylic acids is 2. The van der Waals surface area contributed by atoms with Crippen LogP contribution in [0.15, 0.2) is 54.6 Å². The van der Waals surface area contributed by atoms with E-state index in [1.54, 1.807) is 30.3 Å². The molecule has 0 saturated carbocycles. The average Bonchev–Trinajstić information content (AvgIpc) is 2.88. The number of rotatable bonds is 15. The van der Waals surface area contributed by atoms with Gasteiger partial charge in [0.25, 0.3) is 0 Å². The minimum absolute atomic E-state index is 0.0371. The summed E-state index contributed by atoms with van der Waals surface area (Å²) in [5, 5.41) is 34.9. The van der Waals surface area contributed by atoms with Gasteiger partial charge in [-0.2, -0.15) is 0 Å². The molecule has 0 spiro atoms. The Morgan fingerprint density at radius 2 is 1.18 bits per heavy atom. The SMILES string of the molecule is NC(=O)CC(NC(=O)C(Cc1ccccc1)NC(=O)C(N)CC(=O)O)C(=O)NC(Cc1ccc(O)cc1)C(=O)O. The van der Waals surface area contributed by atoms with E-state index in [-0.39, 0.29) is 18.6 Å². The van der Waals surface area contributed by atoms with Gasteiger partial charge in [-0.25, -0.2) is 4.79 Å². The number of benzene rings is 2. The van der Waals surface area contributed by atoms with Gasteiger partial charge in [-0.1, -0.05) is 42.5 Å². The van der Waals surface area contributed by atoms with Crippen molar-refractivity contribution in [1.29, 1.82) is 0 Å². The molecule has 14 nitrogen and oxygen atoms in total. The minimum Gasteiger partial charge on any atom is -0.508 e. The highest BCUT2D eigenvalue weighted by atomic mass is 16.4. The first-order valence-corrected chi connectivity index (χ1v) is 12.1. The number of aromatic hydroxyl groups is 1. The summed E-state index contributed by atoms with van der Waals surface area (Å²) in [7, 11) is 0. The average molecular weight is 558 g/mol. The van der Waals surface area contributed by atoms with Crippen LogP contribution in [-0.2, 0) is 41.6 Å². The molecule has 4 unspecified atom stereocenters. The summed E-state index contributed by atoms with van der Waals surface area (Å²) in [4.78, 5) is 73.1.